The first-order valence-electron chi connectivity index (χ1n) is 4.13. The zero-order valence-corrected chi connectivity index (χ0v) is 7.67. The predicted molar refractivity (Wildman–Crippen MR) is 47.5 cm³/mol. The number of nitrogens with zero attached hydrogens (tertiary/aromatic N) is 2. The van der Waals surface area contributed by atoms with Crippen molar-refractivity contribution in [2.45, 2.75) is 19.5 Å². The van der Waals surface area contributed by atoms with E-state index in [2.05, 4.69) is 10.3 Å². The van der Waals surface area contributed by atoms with E-state index in [1.807, 2.05) is 6.92 Å². The van der Waals surface area contributed by atoms with Crippen LogP contribution < -0.4 is 5.32 Å². The maximum Gasteiger partial charge on any atom is 0.332 e. The first kappa shape index (κ1) is 10.2. The summed E-state index contributed by atoms with van der Waals surface area (Å²) >= 11 is 0. The summed E-state index contributed by atoms with van der Waals surface area (Å²) in [7, 11) is 0. The molecule has 6 nitrogen and oxygen atoms in total. The van der Waals surface area contributed by atoms with E-state index in [9.17, 15) is 9.59 Å². The van der Waals surface area contributed by atoms with Crippen molar-refractivity contribution < 1.29 is 14.7 Å². The number of aliphatic carboxylic acids is 1. The van der Waals surface area contributed by atoms with Crippen LogP contribution in [-0.4, -0.2) is 27.0 Å². The van der Waals surface area contributed by atoms with E-state index in [-0.39, 0.29) is 0 Å². The number of nitrogens with one attached hydrogen (secondary N) is 1. The quantitative estimate of drug-likeness (QED) is 0.639. The molecule has 76 valence electrons. The molecule has 1 rings (SSSR count). The highest BCUT2D eigenvalue weighted by Gasteiger charge is 2.21. The molecule has 0 spiro atoms. The SMILES string of the molecule is CCn1cncc1C(NC=O)C(=O)O. The number of aromatic nitrogens is 2. The normalized spacial score (nSPS) is 12.1. The number of carbonyl (C=O) groups is 2. The Bertz CT molecular complexity index is 334. The first-order chi connectivity index (χ1) is 6.70. The van der Waals surface area contributed by atoms with E-state index in [4.69, 9.17) is 5.11 Å². The average molecular weight is 197 g/mol. The molecule has 1 atom stereocenters. The van der Waals surface area contributed by atoms with Gasteiger partial charge in [0.05, 0.1) is 18.2 Å². The fourth-order valence-corrected chi connectivity index (χ4v) is 1.19. The number of amides is 1. The van der Waals surface area contributed by atoms with E-state index < -0.39 is 12.0 Å². The van der Waals surface area contributed by atoms with Crippen molar-refractivity contribution >= 4 is 12.4 Å². The Morgan fingerprint density at radius 1 is 1.86 bits per heavy atom. The van der Waals surface area contributed by atoms with Gasteiger partial charge in [-0.3, -0.25) is 4.79 Å². The van der Waals surface area contributed by atoms with Gasteiger partial charge in [-0.05, 0) is 6.92 Å². The van der Waals surface area contributed by atoms with Crippen LogP contribution >= 0.6 is 0 Å². The van der Waals surface area contributed by atoms with E-state index in [1.165, 1.54) is 12.5 Å². The number of carboxylic acid groups (broad SMARTS) is 1. The maximum atomic E-state index is 10.8. The van der Waals surface area contributed by atoms with Gasteiger partial charge in [-0.1, -0.05) is 0 Å². The van der Waals surface area contributed by atoms with Gasteiger partial charge in [0.25, 0.3) is 0 Å². The van der Waals surface area contributed by atoms with Crippen LogP contribution in [0.1, 0.15) is 18.7 Å². The highest BCUT2D eigenvalue weighted by Crippen LogP contribution is 2.11. The van der Waals surface area contributed by atoms with Crippen LogP contribution in [0.4, 0.5) is 0 Å². The Balaban J connectivity index is 2.97. The van der Waals surface area contributed by atoms with Gasteiger partial charge in [-0.2, -0.15) is 0 Å². The van der Waals surface area contributed by atoms with Crippen LogP contribution in [0.15, 0.2) is 12.5 Å². The number of aryl methyl sites for hydroxylation is 1. The summed E-state index contributed by atoms with van der Waals surface area (Å²) in [6.45, 7) is 2.48. The van der Waals surface area contributed by atoms with Crippen molar-refractivity contribution in [2.24, 2.45) is 0 Å². The molecule has 1 heterocycles. The van der Waals surface area contributed by atoms with Gasteiger partial charge in [-0.15, -0.1) is 0 Å². The molecule has 0 saturated heterocycles. The minimum atomic E-state index is -1.10. The molecule has 0 aliphatic heterocycles. The lowest BCUT2D eigenvalue weighted by molar-refractivity contribution is -0.140. The van der Waals surface area contributed by atoms with Crippen molar-refractivity contribution in [2.75, 3.05) is 0 Å². The van der Waals surface area contributed by atoms with Gasteiger partial charge >= 0.3 is 5.97 Å². The third-order valence-corrected chi connectivity index (χ3v) is 1.86. The summed E-state index contributed by atoms with van der Waals surface area (Å²) in [5.74, 6) is -1.10. The van der Waals surface area contributed by atoms with E-state index in [0.29, 0.717) is 18.6 Å². The Morgan fingerprint density at radius 2 is 2.57 bits per heavy atom. The van der Waals surface area contributed by atoms with Crippen molar-refractivity contribution in [3.05, 3.63) is 18.2 Å². The molecule has 14 heavy (non-hydrogen) atoms. The molecule has 6 heteroatoms. The Labute approximate surface area is 80.6 Å². The summed E-state index contributed by atoms with van der Waals surface area (Å²) in [5.41, 5.74) is 0.465. The van der Waals surface area contributed by atoms with E-state index in [0.717, 1.165) is 0 Å². The number of hydrogen-bond donors (Lipinski definition) is 2. The smallest absolute Gasteiger partial charge is 0.332 e. The molecule has 0 aromatic carbocycles. The third kappa shape index (κ3) is 1.90. The molecule has 0 aliphatic carbocycles. The summed E-state index contributed by atoms with van der Waals surface area (Å²) < 4.78 is 1.66. The van der Waals surface area contributed by atoms with Gasteiger partial charge in [0.15, 0.2) is 6.04 Å². The molecule has 0 fully saturated rings. The van der Waals surface area contributed by atoms with Crippen molar-refractivity contribution in [1.29, 1.82) is 0 Å². The van der Waals surface area contributed by atoms with Crippen LogP contribution in [0, 0.1) is 0 Å². The molecule has 1 unspecified atom stereocenters. The standard InChI is InChI=1S/C8H11N3O3/c1-2-11-4-9-3-6(11)7(8(13)14)10-5-12/h3-5,7H,2H2,1H3,(H,10,12)(H,13,14). The second-order valence-corrected chi connectivity index (χ2v) is 2.66. The van der Waals surface area contributed by atoms with Crippen LogP contribution in [0.3, 0.4) is 0 Å². The highest BCUT2D eigenvalue weighted by atomic mass is 16.4. The average Bonchev–Trinajstić information content (AvgIpc) is 2.61. The lowest BCUT2D eigenvalue weighted by Gasteiger charge is -2.12. The van der Waals surface area contributed by atoms with Gasteiger partial charge in [0.2, 0.25) is 6.41 Å². The Kier molecular flexibility index (Phi) is 3.22. The number of imidazole rings is 1. The topological polar surface area (TPSA) is 84.2 Å². The number of carboxylic acids is 1. The van der Waals surface area contributed by atoms with Crippen LogP contribution in [0.2, 0.25) is 0 Å². The van der Waals surface area contributed by atoms with Crippen molar-refractivity contribution in [3.63, 3.8) is 0 Å². The van der Waals surface area contributed by atoms with Crippen LogP contribution in [0.5, 0.6) is 0 Å². The fourth-order valence-electron chi connectivity index (χ4n) is 1.19. The summed E-state index contributed by atoms with van der Waals surface area (Å²) in [6.07, 6.45) is 3.32. The Hall–Kier alpha value is -1.85. The van der Waals surface area contributed by atoms with Gasteiger partial charge in [0.1, 0.15) is 0 Å². The molecule has 1 aromatic heterocycles. The Morgan fingerprint density at radius 3 is 3.07 bits per heavy atom. The van der Waals surface area contributed by atoms with E-state index in [1.54, 1.807) is 4.57 Å². The lowest BCUT2D eigenvalue weighted by atomic mass is 10.2. The van der Waals surface area contributed by atoms with Crippen molar-refractivity contribution in [1.82, 2.24) is 14.9 Å². The molecular weight excluding hydrogens is 186 g/mol. The summed E-state index contributed by atoms with van der Waals surface area (Å²) in [4.78, 5) is 24.8. The zero-order chi connectivity index (χ0) is 10.6. The molecule has 1 aromatic rings. The van der Waals surface area contributed by atoms with Gasteiger partial charge in [0, 0.05) is 6.54 Å². The van der Waals surface area contributed by atoms with Crippen LogP contribution in [0.25, 0.3) is 0 Å². The third-order valence-electron chi connectivity index (χ3n) is 1.86. The monoisotopic (exact) mass is 197 g/mol. The second-order valence-electron chi connectivity index (χ2n) is 2.66. The fraction of sp³-hybridized carbons (Fsp3) is 0.375. The van der Waals surface area contributed by atoms with Gasteiger partial charge in [-0.25, -0.2) is 9.78 Å². The van der Waals surface area contributed by atoms with Crippen molar-refractivity contribution in [3.8, 4) is 0 Å². The second kappa shape index (κ2) is 4.40. The molecule has 0 saturated carbocycles. The highest BCUT2D eigenvalue weighted by molar-refractivity contribution is 5.77. The largest absolute Gasteiger partial charge is 0.479 e. The number of rotatable bonds is 5. The molecule has 0 bridgehead atoms. The zero-order valence-electron chi connectivity index (χ0n) is 7.67. The summed E-state index contributed by atoms with van der Waals surface area (Å²) in [5, 5.41) is 11.1. The minimum absolute atomic E-state index is 0.367. The number of carbonyl (C=O) groups excluding carboxylic acids is 1. The molecule has 0 radical (unpaired) electrons. The predicted octanol–water partition coefficient (Wildman–Crippen LogP) is -0.225. The van der Waals surface area contributed by atoms with Gasteiger partial charge < -0.3 is 15.0 Å². The van der Waals surface area contributed by atoms with E-state index >= 15 is 0 Å². The molecule has 1 amide bonds. The molecular formula is C8H11N3O3. The molecule has 0 aliphatic rings. The minimum Gasteiger partial charge on any atom is -0.479 e. The first-order valence-corrected chi connectivity index (χ1v) is 4.13. The number of hydrogen-bond acceptors (Lipinski definition) is 3. The summed E-state index contributed by atoms with van der Waals surface area (Å²) in [6, 6.07) is -1.03. The van der Waals surface area contributed by atoms with Crippen LogP contribution in [-0.2, 0) is 16.1 Å². The molecule has 2 N–H and O–H groups in total. The lowest BCUT2D eigenvalue weighted by Crippen LogP contribution is -2.29. The maximum absolute atomic E-state index is 10.8.